The van der Waals surface area contributed by atoms with Crippen LogP contribution < -0.4 is 5.32 Å². The molecule has 2 aromatic heterocycles. The molecule has 0 fully saturated rings. The zero-order valence-electron chi connectivity index (χ0n) is 15.9. The highest BCUT2D eigenvalue weighted by atomic mass is 79.9. The molecular weight excluding hydrogens is 410 g/mol. The second-order valence-electron chi connectivity index (χ2n) is 6.84. The first kappa shape index (κ1) is 19.3. The minimum Gasteiger partial charge on any atom is -0.420 e. The molecule has 0 radical (unpaired) electrons. The van der Waals surface area contributed by atoms with Crippen LogP contribution in [0.3, 0.4) is 0 Å². The summed E-state index contributed by atoms with van der Waals surface area (Å²) < 4.78 is 8.05. The Balaban J connectivity index is 1.86. The van der Waals surface area contributed by atoms with Crippen molar-refractivity contribution >= 4 is 21.8 Å². The highest BCUT2D eigenvalue weighted by Gasteiger charge is 2.20. The maximum absolute atomic E-state index is 12.4. The third-order valence-electron chi connectivity index (χ3n) is 4.50. The molecule has 0 spiro atoms. The molecule has 0 saturated carbocycles. The summed E-state index contributed by atoms with van der Waals surface area (Å²) in [5.74, 6) is 1.14. The predicted molar refractivity (Wildman–Crippen MR) is 106 cm³/mol. The molecule has 1 unspecified atom stereocenters. The fourth-order valence-electron chi connectivity index (χ4n) is 2.47. The number of hydrogen-bond donors (Lipinski definition) is 1. The summed E-state index contributed by atoms with van der Waals surface area (Å²) in [4.78, 5) is 12.4. The second-order valence-corrected chi connectivity index (χ2v) is 7.63. The number of carbonyl (C=O) groups is 1. The van der Waals surface area contributed by atoms with E-state index >= 15 is 0 Å². The van der Waals surface area contributed by atoms with Crippen molar-refractivity contribution in [1.82, 2.24) is 25.3 Å². The number of carbonyl (C=O) groups excluding carboxylic acids is 1. The third-order valence-corrected chi connectivity index (χ3v) is 5.45. The lowest BCUT2D eigenvalue weighted by molar-refractivity contribution is 0.0930. The largest absolute Gasteiger partial charge is 0.420 e. The zero-order valence-corrected chi connectivity index (χ0v) is 17.5. The van der Waals surface area contributed by atoms with Crippen LogP contribution in [0, 0.1) is 19.8 Å². The number of nitrogens with zero attached hydrogens (tertiary/aromatic N) is 4. The lowest BCUT2D eigenvalue weighted by Crippen LogP contribution is -2.36. The van der Waals surface area contributed by atoms with Gasteiger partial charge in [-0.15, -0.1) is 10.2 Å². The molecule has 0 aliphatic carbocycles. The molecule has 0 aliphatic rings. The van der Waals surface area contributed by atoms with Crippen molar-refractivity contribution in [3.8, 4) is 17.3 Å². The Bertz CT molecular complexity index is 959. The van der Waals surface area contributed by atoms with Crippen molar-refractivity contribution in [3.63, 3.8) is 0 Å². The monoisotopic (exact) mass is 431 g/mol. The van der Waals surface area contributed by atoms with E-state index < -0.39 is 0 Å². The van der Waals surface area contributed by atoms with Gasteiger partial charge >= 0.3 is 0 Å². The predicted octanol–water partition coefficient (Wildman–Crippen LogP) is 4.08. The molecule has 3 aromatic rings. The SMILES string of the molecule is Cc1nnc(-c2nn(-c3ccc(C(=O)NC(C)C(C)C)cc3)c(C)c2Br)o1. The molecule has 3 rings (SSSR count). The molecule has 27 heavy (non-hydrogen) atoms. The van der Waals surface area contributed by atoms with Gasteiger partial charge in [0.2, 0.25) is 5.89 Å². The zero-order chi connectivity index (χ0) is 19.7. The maximum atomic E-state index is 12.4. The topological polar surface area (TPSA) is 85.8 Å². The number of rotatable bonds is 5. The molecule has 1 atom stereocenters. The van der Waals surface area contributed by atoms with Crippen molar-refractivity contribution in [2.75, 3.05) is 0 Å². The number of nitrogens with one attached hydrogen (secondary N) is 1. The van der Waals surface area contributed by atoms with E-state index in [-0.39, 0.29) is 11.9 Å². The van der Waals surface area contributed by atoms with Crippen LogP contribution in [-0.4, -0.2) is 31.9 Å². The van der Waals surface area contributed by atoms with Gasteiger partial charge in [-0.1, -0.05) is 13.8 Å². The molecule has 0 bridgehead atoms. The van der Waals surface area contributed by atoms with E-state index in [0.717, 1.165) is 15.9 Å². The number of hydrogen-bond acceptors (Lipinski definition) is 5. The molecule has 1 N–H and O–H groups in total. The summed E-state index contributed by atoms with van der Waals surface area (Å²) >= 11 is 3.55. The van der Waals surface area contributed by atoms with E-state index in [1.807, 2.05) is 26.0 Å². The van der Waals surface area contributed by atoms with E-state index in [1.165, 1.54) is 0 Å². The van der Waals surface area contributed by atoms with Gasteiger partial charge in [-0.05, 0) is 60.0 Å². The van der Waals surface area contributed by atoms with Crippen LogP contribution in [0.1, 0.15) is 42.7 Å². The summed E-state index contributed by atoms with van der Waals surface area (Å²) in [6.45, 7) is 9.83. The van der Waals surface area contributed by atoms with Crippen LogP contribution >= 0.6 is 15.9 Å². The first-order chi connectivity index (χ1) is 12.8. The Kier molecular flexibility index (Phi) is 5.46. The van der Waals surface area contributed by atoms with Crippen LogP contribution in [0.2, 0.25) is 0 Å². The van der Waals surface area contributed by atoms with Crippen molar-refractivity contribution in [3.05, 3.63) is 45.9 Å². The standard InChI is InChI=1S/C19H22BrN5O2/c1-10(2)11(3)21-18(26)14-6-8-15(9-7-14)25-12(4)16(20)17(24-25)19-23-22-13(5)27-19/h6-11H,1-5H3,(H,21,26). The summed E-state index contributed by atoms with van der Waals surface area (Å²) in [5, 5.41) is 15.5. The fourth-order valence-corrected chi connectivity index (χ4v) is 2.89. The molecule has 0 saturated heterocycles. The summed E-state index contributed by atoms with van der Waals surface area (Å²) in [5.41, 5.74) is 2.93. The molecular formula is C19H22BrN5O2. The highest BCUT2D eigenvalue weighted by molar-refractivity contribution is 9.10. The molecule has 142 valence electrons. The van der Waals surface area contributed by atoms with Crippen molar-refractivity contribution in [2.45, 2.75) is 40.7 Å². The molecule has 8 heteroatoms. The van der Waals surface area contributed by atoms with Gasteiger partial charge in [-0.2, -0.15) is 5.10 Å². The summed E-state index contributed by atoms with van der Waals surface area (Å²) in [6, 6.07) is 7.43. The average molecular weight is 432 g/mol. The maximum Gasteiger partial charge on any atom is 0.269 e. The van der Waals surface area contributed by atoms with E-state index in [1.54, 1.807) is 23.7 Å². The Hall–Kier alpha value is -2.48. The van der Waals surface area contributed by atoms with Crippen molar-refractivity contribution in [1.29, 1.82) is 0 Å². The highest BCUT2D eigenvalue weighted by Crippen LogP contribution is 2.30. The number of benzene rings is 1. The Morgan fingerprint density at radius 1 is 1.15 bits per heavy atom. The Labute approximate surface area is 166 Å². The average Bonchev–Trinajstić information content (AvgIpc) is 3.19. The van der Waals surface area contributed by atoms with Crippen LogP contribution in [0.4, 0.5) is 0 Å². The molecule has 7 nitrogen and oxygen atoms in total. The van der Waals surface area contributed by atoms with E-state index in [9.17, 15) is 4.79 Å². The van der Waals surface area contributed by atoms with E-state index in [4.69, 9.17) is 4.42 Å². The van der Waals surface area contributed by atoms with Gasteiger partial charge in [0.1, 0.15) is 0 Å². The minimum absolute atomic E-state index is 0.0804. The van der Waals surface area contributed by atoms with Gasteiger partial charge in [0, 0.05) is 18.5 Å². The van der Waals surface area contributed by atoms with Crippen LogP contribution in [0.5, 0.6) is 0 Å². The second kappa shape index (κ2) is 7.64. The molecule has 2 heterocycles. The van der Waals surface area contributed by atoms with E-state index in [2.05, 4.69) is 50.4 Å². The van der Waals surface area contributed by atoms with E-state index in [0.29, 0.717) is 29.0 Å². The van der Waals surface area contributed by atoms with Gasteiger partial charge in [-0.25, -0.2) is 4.68 Å². The van der Waals surface area contributed by atoms with Crippen LogP contribution in [0.15, 0.2) is 33.2 Å². The number of aromatic nitrogens is 4. The molecule has 1 aromatic carbocycles. The molecule has 0 aliphatic heterocycles. The minimum atomic E-state index is -0.0804. The van der Waals surface area contributed by atoms with Gasteiger partial charge in [0.25, 0.3) is 11.8 Å². The number of amides is 1. The number of halogens is 1. The van der Waals surface area contributed by atoms with Gasteiger partial charge in [-0.3, -0.25) is 4.79 Å². The first-order valence-electron chi connectivity index (χ1n) is 8.74. The smallest absolute Gasteiger partial charge is 0.269 e. The van der Waals surface area contributed by atoms with Gasteiger partial charge < -0.3 is 9.73 Å². The van der Waals surface area contributed by atoms with Gasteiger partial charge in [0.05, 0.1) is 15.9 Å². The van der Waals surface area contributed by atoms with Crippen LogP contribution in [0.25, 0.3) is 17.3 Å². The van der Waals surface area contributed by atoms with Crippen molar-refractivity contribution < 1.29 is 9.21 Å². The fraction of sp³-hybridized carbons (Fsp3) is 0.368. The Morgan fingerprint density at radius 2 is 1.81 bits per heavy atom. The normalized spacial score (nSPS) is 12.4. The first-order valence-corrected chi connectivity index (χ1v) is 9.54. The van der Waals surface area contributed by atoms with Crippen LogP contribution in [-0.2, 0) is 0 Å². The third kappa shape index (κ3) is 3.95. The Morgan fingerprint density at radius 3 is 2.37 bits per heavy atom. The summed E-state index contributed by atoms with van der Waals surface area (Å²) in [6.07, 6.45) is 0. The lowest BCUT2D eigenvalue weighted by atomic mass is 10.1. The van der Waals surface area contributed by atoms with Crippen molar-refractivity contribution in [2.24, 2.45) is 5.92 Å². The quantitative estimate of drug-likeness (QED) is 0.657. The summed E-state index contributed by atoms with van der Waals surface area (Å²) in [7, 11) is 0. The lowest BCUT2D eigenvalue weighted by Gasteiger charge is -2.17. The molecule has 1 amide bonds. The van der Waals surface area contributed by atoms with Gasteiger partial charge in [0.15, 0.2) is 5.69 Å². The number of aryl methyl sites for hydroxylation is 1.